The zero-order valence-electron chi connectivity index (χ0n) is 23.6. The van der Waals surface area contributed by atoms with E-state index >= 15 is 0 Å². The summed E-state index contributed by atoms with van der Waals surface area (Å²) in [6.45, 7) is 5.73. The van der Waals surface area contributed by atoms with E-state index in [-0.39, 0.29) is 18.7 Å². The largest absolute Gasteiger partial charge is 0.460 e. The van der Waals surface area contributed by atoms with Gasteiger partial charge in [0, 0.05) is 23.4 Å². The number of ether oxygens (including phenoxy) is 4. The van der Waals surface area contributed by atoms with E-state index in [1.54, 1.807) is 4.68 Å². The van der Waals surface area contributed by atoms with Gasteiger partial charge in [-0.15, -0.1) is 5.10 Å². The van der Waals surface area contributed by atoms with E-state index in [1.807, 2.05) is 73.7 Å². The Morgan fingerprint density at radius 3 is 2.51 bits per heavy atom. The normalized spacial score (nSPS) is 12.0. The van der Waals surface area contributed by atoms with Crippen LogP contribution in [0.5, 0.6) is 17.5 Å². The Kier molecular flexibility index (Phi) is 9.49. The number of rotatable bonds is 14. The standard InChI is InChI=1S/C32H36N4O5/c1-3-5-6-7-8-23-9-11-24(12-10-23)31(37)33-26-14-16-27(17-15-26)36-30(34-32(35-36)39-20-19-38-4-2)25-13-18-28-29(21-25)41-22-40-28/h9-18,21H,3-8,19-20,22H2,1-2H3,(H,33,37). The monoisotopic (exact) mass is 556 g/mol. The van der Waals surface area contributed by atoms with Crippen LogP contribution in [0, 0.1) is 0 Å². The summed E-state index contributed by atoms with van der Waals surface area (Å²) in [6.07, 6.45) is 5.95. The number of fused-ring (bicyclic) bond motifs is 1. The zero-order valence-corrected chi connectivity index (χ0v) is 23.6. The summed E-state index contributed by atoms with van der Waals surface area (Å²) in [5.74, 6) is 1.77. The first-order chi connectivity index (χ1) is 20.1. The molecule has 0 bridgehead atoms. The van der Waals surface area contributed by atoms with Gasteiger partial charge in [-0.25, -0.2) is 4.68 Å². The van der Waals surface area contributed by atoms with Crippen LogP contribution in [0.1, 0.15) is 55.5 Å². The van der Waals surface area contributed by atoms with Gasteiger partial charge >= 0.3 is 6.01 Å². The molecule has 214 valence electrons. The topological polar surface area (TPSA) is 96.7 Å². The molecule has 0 unspecified atom stereocenters. The Hall–Kier alpha value is -4.37. The lowest BCUT2D eigenvalue weighted by molar-refractivity contribution is 0.102. The molecule has 0 saturated heterocycles. The summed E-state index contributed by atoms with van der Waals surface area (Å²) in [5, 5.41) is 7.58. The predicted octanol–water partition coefficient (Wildman–Crippen LogP) is 6.45. The summed E-state index contributed by atoms with van der Waals surface area (Å²) in [7, 11) is 0. The third-order valence-corrected chi connectivity index (χ3v) is 6.79. The summed E-state index contributed by atoms with van der Waals surface area (Å²) < 4.78 is 23.8. The highest BCUT2D eigenvalue weighted by molar-refractivity contribution is 6.04. The lowest BCUT2D eigenvalue weighted by Crippen LogP contribution is -2.12. The maximum absolute atomic E-state index is 12.9. The Balaban J connectivity index is 1.29. The fourth-order valence-corrected chi connectivity index (χ4v) is 4.56. The zero-order chi connectivity index (χ0) is 28.4. The molecule has 1 aliphatic heterocycles. The number of hydrogen-bond donors (Lipinski definition) is 1. The van der Waals surface area contributed by atoms with E-state index in [4.69, 9.17) is 18.9 Å². The van der Waals surface area contributed by atoms with Gasteiger partial charge in [0.15, 0.2) is 17.3 Å². The highest BCUT2D eigenvalue weighted by Crippen LogP contribution is 2.36. The summed E-state index contributed by atoms with van der Waals surface area (Å²) >= 11 is 0. The van der Waals surface area contributed by atoms with E-state index in [1.165, 1.54) is 31.2 Å². The number of aryl methyl sites for hydroxylation is 1. The second-order valence-electron chi connectivity index (χ2n) is 9.75. The molecule has 0 saturated carbocycles. The molecular weight excluding hydrogens is 520 g/mol. The van der Waals surface area contributed by atoms with Crippen molar-refractivity contribution in [1.29, 1.82) is 0 Å². The number of aromatic nitrogens is 3. The number of amides is 1. The Morgan fingerprint density at radius 1 is 0.927 bits per heavy atom. The molecule has 0 spiro atoms. The van der Waals surface area contributed by atoms with Crippen LogP contribution in [0.3, 0.4) is 0 Å². The number of carbonyl (C=O) groups excluding carboxylic acids is 1. The number of carbonyl (C=O) groups is 1. The predicted molar refractivity (Wildman–Crippen MR) is 157 cm³/mol. The van der Waals surface area contributed by atoms with Gasteiger partial charge in [0.2, 0.25) is 6.79 Å². The SMILES string of the molecule is CCCCCCc1ccc(C(=O)Nc2ccc(-n3nc(OCCOCC)nc3-c3ccc4c(c3)OCO4)cc2)cc1. The fourth-order valence-electron chi connectivity index (χ4n) is 4.56. The quantitative estimate of drug-likeness (QED) is 0.178. The Morgan fingerprint density at radius 2 is 1.73 bits per heavy atom. The van der Waals surface area contributed by atoms with Crippen molar-refractivity contribution in [3.8, 4) is 34.6 Å². The summed E-state index contributed by atoms with van der Waals surface area (Å²) in [6, 6.07) is 21.2. The van der Waals surface area contributed by atoms with Gasteiger partial charge in [-0.1, -0.05) is 38.3 Å². The van der Waals surface area contributed by atoms with Crippen molar-refractivity contribution in [2.45, 2.75) is 46.0 Å². The van der Waals surface area contributed by atoms with Crippen LogP contribution >= 0.6 is 0 Å². The van der Waals surface area contributed by atoms with Crippen LogP contribution in [0.25, 0.3) is 17.1 Å². The van der Waals surface area contributed by atoms with E-state index in [0.29, 0.717) is 48.4 Å². The number of nitrogens with zero attached hydrogens (tertiary/aromatic N) is 3. The number of benzene rings is 3. The van der Waals surface area contributed by atoms with E-state index in [2.05, 4.69) is 22.3 Å². The van der Waals surface area contributed by atoms with Gasteiger partial charge in [0.25, 0.3) is 5.91 Å². The number of nitrogens with one attached hydrogen (secondary N) is 1. The smallest absolute Gasteiger partial charge is 0.336 e. The third kappa shape index (κ3) is 7.24. The van der Waals surface area contributed by atoms with Crippen molar-refractivity contribution in [3.63, 3.8) is 0 Å². The second kappa shape index (κ2) is 13.8. The van der Waals surface area contributed by atoms with E-state index in [9.17, 15) is 4.79 Å². The van der Waals surface area contributed by atoms with Crippen molar-refractivity contribution < 1.29 is 23.7 Å². The van der Waals surface area contributed by atoms with Gasteiger partial charge in [0.05, 0.1) is 12.3 Å². The number of hydrogen-bond acceptors (Lipinski definition) is 7. The highest BCUT2D eigenvalue weighted by Gasteiger charge is 2.19. The number of unbranched alkanes of at least 4 members (excludes halogenated alkanes) is 3. The first-order valence-electron chi connectivity index (χ1n) is 14.2. The van der Waals surface area contributed by atoms with Crippen LogP contribution in [-0.2, 0) is 11.2 Å². The lowest BCUT2D eigenvalue weighted by Gasteiger charge is -2.09. The van der Waals surface area contributed by atoms with Crippen LogP contribution in [0.4, 0.5) is 5.69 Å². The molecule has 41 heavy (non-hydrogen) atoms. The van der Waals surface area contributed by atoms with Crippen LogP contribution < -0.4 is 19.5 Å². The molecule has 1 N–H and O–H groups in total. The number of anilines is 1. The fraction of sp³-hybridized carbons (Fsp3) is 0.344. The molecule has 5 rings (SSSR count). The van der Waals surface area contributed by atoms with Crippen molar-refractivity contribution >= 4 is 11.6 Å². The minimum Gasteiger partial charge on any atom is -0.460 e. The van der Waals surface area contributed by atoms with Gasteiger partial charge in [-0.3, -0.25) is 4.79 Å². The van der Waals surface area contributed by atoms with Crippen molar-refractivity contribution in [2.75, 3.05) is 31.9 Å². The molecule has 1 amide bonds. The molecule has 0 atom stereocenters. The summed E-state index contributed by atoms with van der Waals surface area (Å²) in [4.78, 5) is 17.5. The summed E-state index contributed by atoms with van der Waals surface area (Å²) in [5.41, 5.74) is 4.12. The lowest BCUT2D eigenvalue weighted by atomic mass is 10.0. The maximum Gasteiger partial charge on any atom is 0.336 e. The molecule has 9 nitrogen and oxygen atoms in total. The maximum atomic E-state index is 12.9. The van der Waals surface area contributed by atoms with E-state index in [0.717, 1.165) is 17.7 Å². The molecule has 2 heterocycles. The molecule has 3 aromatic carbocycles. The molecule has 9 heteroatoms. The highest BCUT2D eigenvalue weighted by atomic mass is 16.7. The Labute approximate surface area is 240 Å². The molecule has 1 aliphatic rings. The van der Waals surface area contributed by atoms with Crippen LogP contribution in [-0.4, -0.2) is 47.3 Å². The molecule has 0 radical (unpaired) electrons. The molecular formula is C32H36N4O5. The average molecular weight is 557 g/mol. The minimum atomic E-state index is -0.151. The molecule has 0 fully saturated rings. The van der Waals surface area contributed by atoms with Gasteiger partial charge in [0.1, 0.15) is 6.61 Å². The molecule has 1 aromatic heterocycles. The molecule has 0 aliphatic carbocycles. The first kappa shape index (κ1) is 28.2. The molecule has 4 aromatic rings. The Bertz CT molecular complexity index is 1430. The second-order valence-corrected chi connectivity index (χ2v) is 9.75. The van der Waals surface area contributed by atoms with Gasteiger partial charge in [-0.2, -0.15) is 4.98 Å². The van der Waals surface area contributed by atoms with Crippen molar-refractivity contribution in [3.05, 3.63) is 77.9 Å². The van der Waals surface area contributed by atoms with E-state index < -0.39 is 0 Å². The van der Waals surface area contributed by atoms with Crippen molar-refractivity contribution in [1.82, 2.24) is 14.8 Å². The van der Waals surface area contributed by atoms with Crippen LogP contribution in [0.15, 0.2) is 66.7 Å². The minimum absolute atomic E-state index is 0.151. The third-order valence-electron chi connectivity index (χ3n) is 6.79. The van der Waals surface area contributed by atoms with Gasteiger partial charge < -0.3 is 24.3 Å². The van der Waals surface area contributed by atoms with Gasteiger partial charge in [-0.05, 0) is 79.9 Å². The average Bonchev–Trinajstić information content (AvgIpc) is 3.65. The first-order valence-corrected chi connectivity index (χ1v) is 14.2. The van der Waals surface area contributed by atoms with Crippen molar-refractivity contribution in [2.24, 2.45) is 0 Å². The van der Waals surface area contributed by atoms with Crippen LogP contribution in [0.2, 0.25) is 0 Å².